The lowest BCUT2D eigenvalue weighted by molar-refractivity contribution is -0.384. The number of nitriles is 1. The normalized spacial score (nSPS) is 10.9. The highest BCUT2D eigenvalue weighted by molar-refractivity contribution is 9.10. The second-order valence-corrected chi connectivity index (χ2v) is 8.25. The van der Waals surface area contributed by atoms with E-state index in [1.807, 2.05) is 6.07 Å². The van der Waals surface area contributed by atoms with Gasteiger partial charge in [-0.1, -0.05) is 6.07 Å². The molecule has 2 aromatic heterocycles. The third-order valence-electron chi connectivity index (χ3n) is 5.07. The highest BCUT2D eigenvalue weighted by atomic mass is 79.9. The van der Waals surface area contributed by atoms with Crippen LogP contribution < -0.4 is 11.0 Å². The maximum absolute atomic E-state index is 12.7. The molecule has 0 atom stereocenters. The van der Waals surface area contributed by atoms with Crippen LogP contribution in [0.2, 0.25) is 0 Å². The number of pyridine rings is 1. The van der Waals surface area contributed by atoms with E-state index in [1.54, 1.807) is 38.1 Å². The van der Waals surface area contributed by atoms with Gasteiger partial charge in [-0.3, -0.25) is 19.7 Å². The van der Waals surface area contributed by atoms with E-state index in [9.17, 15) is 25.0 Å². The van der Waals surface area contributed by atoms with E-state index >= 15 is 0 Å². The number of methoxy groups -OCH3 is 1. The van der Waals surface area contributed by atoms with Gasteiger partial charge in [0.15, 0.2) is 0 Å². The fraction of sp³-hybridized carbons (Fsp3) is 0.217. The van der Waals surface area contributed by atoms with Crippen molar-refractivity contribution in [2.24, 2.45) is 5.10 Å². The number of furan rings is 1. The molecule has 0 radical (unpaired) electrons. The topological polar surface area (TPSA) is 153 Å². The Hall–Kier alpha value is -4.08. The summed E-state index contributed by atoms with van der Waals surface area (Å²) >= 11 is 3.36. The van der Waals surface area contributed by atoms with Crippen LogP contribution in [0.1, 0.15) is 28.1 Å². The summed E-state index contributed by atoms with van der Waals surface area (Å²) in [5, 5.41) is 24.6. The third-order valence-corrected chi connectivity index (χ3v) is 6.13. The van der Waals surface area contributed by atoms with E-state index in [0.29, 0.717) is 21.3 Å². The first-order valence-corrected chi connectivity index (χ1v) is 10.9. The number of benzene rings is 1. The molecule has 0 unspecified atom stereocenters. The van der Waals surface area contributed by atoms with Crippen LogP contribution in [0.4, 0.5) is 5.69 Å². The molecule has 11 nitrogen and oxygen atoms in total. The molecule has 0 aliphatic heterocycles. The lowest BCUT2D eigenvalue weighted by Crippen LogP contribution is -2.33. The molecule has 0 spiro atoms. The van der Waals surface area contributed by atoms with Crippen molar-refractivity contribution >= 4 is 33.7 Å². The molecule has 1 N–H and O–H groups in total. The summed E-state index contributed by atoms with van der Waals surface area (Å²) in [5.41, 5.74) is 3.40. The Morgan fingerprint density at radius 1 is 1.37 bits per heavy atom. The number of hydrazone groups is 1. The van der Waals surface area contributed by atoms with E-state index in [2.05, 4.69) is 26.5 Å². The molecule has 180 valence electrons. The average Bonchev–Trinajstić information content (AvgIpc) is 3.29. The first-order chi connectivity index (χ1) is 16.7. The number of ether oxygens (including phenoxy) is 1. The van der Waals surface area contributed by atoms with Gasteiger partial charge in [-0.2, -0.15) is 10.4 Å². The number of carbonyl (C=O) groups is 1. The summed E-state index contributed by atoms with van der Waals surface area (Å²) < 4.78 is 12.3. The predicted octanol–water partition coefficient (Wildman–Crippen LogP) is 3.56. The number of carbonyl (C=O) groups excluding carboxylic acids is 1. The van der Waals surface area contributed by atoms with E-state index in [4.69, 9.17) is 9.15 Å². The highest BCUT2D eigenvalue weighted by Gasteiger charge is 2.20. The number of aromatic nitrogens is 1. The molecule has 2 heterocycles. The Balaban J connectivity index is 1.75. The number of nitrogens with one attached hydrogen (secondary N) is 1. The van der Waals surface area contributed by atoms with E-state index in [1.165, 1.54) is 19.4 Å². The number of aryl methyl sites for hydroxylation is 1. The molecule has 1 amide bonds. The molecule has 3 rings (SSSR count). The molecule has 1 aromatic carbocycles. The van der Waals surface area contributed by atoms with Crippen LogP contribution in [0.3, 0.4) is 0 Å². The SMILES string of the molecule is COCc1c(Br)c(C)n(CC(=O)N/N=C\c2ccc(-c3ccc(C)cc3[N+](=O)[O-])o2)c(=O)c1C#N. The van der Waals surface area contributed by atoms with Gasteiger partial charge in [0.25, 0.3) is 17.2 Å². The fourth-order valence-electron chi connectivity index (χ4n) is 3.36. The number of halogens is 1. The second kappa shape index (κ2) is 10.9. The third kappa shape index (κ3) is 5.53. The first-order valence-electron chi connectivity index (χ1n) is 10.2. The lowest BCUT2D eigenvalue weighted by Gasteiger charge is -2.15. The Morgan fingerprint density at radius 2 is 2.11 bits per heavy atom. The molecule has 0 aliphatic carbocycles. The molecule has 35 heavy (non-hydrogen) atoms. The van der Waals surface area contributed by atoms with Gasteiger partial charge in [0.2, 0.25) is 0 Å². The molecule has 0 aliphatic rings. The van der Waals surface area contributed by atoms with Gasteiger partial charge in [0.05, 0.1) is 23.3 Å². The quantitative estimate of drug-likeness (QED) is 0.259. The predicted molar refractivity (Wildman–Crippen MR) is 130 cm³/mol. The summed E-state index contributed by atoms with van der Waals surface area (Å²) in [5.74, 6) is -0.0821. The van der Waals surface area contributed by atoms with Crippen LogP contribution in [0.5, 0.6) is 0 Å². The standard InChI is InChI=1S/C23H20BrN5O6/c1-13-4-6-16(19(8-13)29(32)33)20-7-5-15(35-20)10-26-27-21(30)11-28-14(2)22(24)18(12-34-3)17(9-25)23(28)31/h4-8,10H,11-12H2,1-3H3,(H,27,30)/b26-10-. The molecule has 3 aromatic rings. The molecule has 0 saturated heterocycles. The zero-order valence-corrected chi connectivity index (χ0v) is 20.6. The molecular weight excluding hydrogens is 522 g/mol. The Kier molecular flexibility index (Phi) is 7.95. The minimum Gasteiger partial charge on any atom is -0.455 e. The van der Waals surface area contributed by atoms with E-state index < -0.39 is 16.4 Å². The van der Waals surface area contributed by atoms with Crippen LogP contribution in [0, 0.1) is 35.3 Å². The number of hydrogen-bond donors (Lipinski definition) is 1. The number of amides is 1. The van der Waals surface area contributed by atoms with Gasteiger partial charge >= 0.3 is 0 Å². The van der Waals surface area contributed by atoms with Gasteiger partial charge < -0.3 is 13.7 Å². The van der Waals surface area contributed by atoms with Gasteiger partial charge in [-0.05, 0) is 53.5 Å². The van der Waals surface area contributed by atoms with Gasteiger partial charge in [0, 0.05) is 28.9 Å². The number of nitro benzene ring substituents is 1. The number of hydrogen-bond acceptors (Lipinski definition) is 8. The van der Waals surface area contributed by atoms with Gasteiger partial charge in [-0.25, -0.2) is 5.43 Å². The summed E-state index contributed by atoms with van der Waals surface area (Å²) in [6.45, 7) is 3.08. The van der Waals surface area contributed by atoms with Crippen LogP contribution >= 0.6 is 15.9 Å². The average molecular weight is 542 g/mol. The summed E-state index contributed by atoms with van der Waals surface area (Å²) in [6, 6.07) is 9.76. The Bertz CT molecular complexity index is 1430. The van der Waals surface area contributed by atoms with Crippen molar-refractivity contribution in [2.75, 3.05) is 7.11 Å². The number of rotatable bonds is 8. The van der Waals surface area contributed by atoms with Crippen LogP contribution in [-0.2, 0) is 22.7 Å². The van der Waals surface area contributed by atoms with Gasteiger partial charge in [-0.15, -0.1) is 0 Å². The molecule has 0 bridgehead atoms. The Morgan fingerprint density at radius 3 is 2.77 bits per heavy atom. The maximum Gasteiger partial charge on any atom is 0.280 e. The minimum absolute atomic E-state index is 0.0633. The summed E-state index contributed by atoms with van der Waals surface area (Å²) in [4.78, 5) is 36.0. The fourth-order valence-corrected chi connectivity index (χ4v) is 3.89. The van der Waals surface area contributed by atoms with Crippen LogP contribution in [0.15, 0.2) is 49.1 Å². The zero-order valence-electron chi connectivity index (χ0n) is 19.0. The molecule has 0 fully saturated rings. The maximum atomic E-state index is 12.7. The van der Waals surface area contributed by atoms with Gasteiger partial charge in [0.1, 0.15) is 29.7 Å². The minimum atomic E-state index is -0.616. The molecular formula is C23H20BrN5O6. The largest absolute Gasteiger partial charge is 0.455 e. The van der Waals surface area contributed by atoms with Crippen molar-refractivity contribution in [2.45, 2.75) is 27.0 Å². The van der Waals surface area contributed by atoms with Crippen molar-refractivity contribution in [3.8, 4) is 17.4 Å². The van der Waals surface area contributed by atoms with E-state index in [-0.39, 0.29) is 35.9 Å². The first kappa shape index (κ1) is 25.5. The second-order valence-electron chi connectivity index (χ2n) is 7.46. The van der Waals surface area contributed by atoms with Crippen LogP contribution in [-0.4, -0.2) is 28.7 Å². The van der Waals surface area contributed by atoms with Crippen molar-refractivity contribution in [3.63, 3.8) is 0 Å². The molecule has 12 heteroatoms. The Labute approximate surface area is 207 Å². The molecule has 0 saturated carbocycles. The number of nitro groups is 1. The smallest absolute Gasteiger partial charge is 0.280 e. The van der Waals surface area contributed by atoms with E-state index in [0.717, 1.165) is 10.1 Å². The summed E-state index contributed by atoms with van der Waals surface area (Å²) in [6.07, 6.45) is 1.23. The van der Waals surface area contributed by atoms with Crippen molar-refractivity contribution in [3.05, 3.63) is 83.4 Å². The van der Waals surface area contributed by atoms with Crippen molar-refractivity contribution in [1.82, 2.24) is 9.99 Å². The monoisotopic (exact) mass is 541 g/mol. The zero-order chi connectivity index (χ0) is 25.7. The highest BCUT2D eigenvalue weighted by Crippen LogP contribution is 2.31. The number of nitrogens with zero attached hydrogens (tertiary/aromatic N) is 4. The van der Waals surface area contributed by atoms with Crippen molar-refractivity contribution < 1.29 is 18.9 Å². The van der Waals surface area contributed by atoms with Crippen molar-refractivity contribution in [1.29, 1.82) is 5.26 Å². The van der Waals surface area contributed by atoms with Crippen LogP contribution in [0.25, 0.3) is 11.3 Å². The summed E-state index contributed by atoms with van der Waals surface area (Å²) in [7, 11) is 1.45. The lowest BCUT2D eigenvalue weighted by atomic mass is 10.1.